The Labute approximate surface area is 134 Å². The Hall–Kier alpha value is -0.660. The van der Waals surface area contributed by atoms with Crippen LogP contribution in [-0.2, 0) is 9.53 Å². The topological polar surface area (TPSA) is 64.1 Å². The Kier molecular flexibility index (Phi) is 6.01. The molecule has 2 unspecified atom stereocenters. The second kappa shape index (κ2) is 7.56. The van der Waals surface area contributed by atoms with Gasteiger partial charge >= 0.3 is 5.97 Å². The number of rotatable bonds is 7. The maximum absolute atomic E-state index is 12.3. The van der Waals surface area contributed by atoms with Crippen molar-refractivity contribution < 1.29 is 9.53 Å². The lowest BCUT2D eigenvalue weighted by Gasteiger charge is -2.32. The molecule has 1 heterocycles. The zero-order valence-corrected chi connectivity index (χ0v) is 14.5. The molecule has 0 amide bonds. The molecule has 2 rings (SSSR count). The van der Waals surface area contributed by atoms with Crippen LogP contribution in [-0.4, -0.2) is 41.1 Å². The molecule has 0 radical (unpaired) electrons. The number of hydrogen-bond donors (Lipinski definition) is 1. The number of carbonyl (C=O) groups excluding carboxylic acids is 1. The van der Waals surface area contributed by atoms with Gasteiger partial charge in [0.1, 0.15) is 10.5 Å². The summed E-state index contributed by atoms with van der Waals surface area (Å²) in [5, 5.41) is 12.4. The average molecular weight is 329 g/mol. The molecular weight excluding hydrogens is 306 g/mol. The summed E-state index contributed by atoms with van der Waals surface area (Å²) in [6.45, 7) is 4.26. The molecule has 1 aliphatic carbocycles. The van der Waals surface area contributed by atoms with Crippen LogP contribution in [0, 0.1) is 12.8 Å². The maximum Gasteiger partial charge on any atom is 0.326 e. The van der Waals surface area contributed by atoms with Gasteiger partial charge in [0, 0.05) is 5.75 Å². The summed E-state index contributed by atoms with van der Waals surface area (Å²) in [4.78, 5) is 12.3. The second-order valence-corrected chi connectivity index (χ2v) is 7.78. The predicted octanol–water partition coefficient (Wildman–Crippen LogP) is 2.65. The van der Waals surface area contributed by atoms with Crippen LogP contribution >= 0.6 is 23.1 Å². The van der Waals surface area contributed by atoms with Gasteiger partial charge in [-0.25, -0.2) is 0 Å². The summed E-state index contributed by atoms with van der Waals surface area (Å²) in [5.41, 5.74) is -0.492. The van der Waals surface area contributed by atoms with Gasteiger partial charge in [-0.1, -0.05) is 29.5 Å². The molecule has 7 heteroatoms. The van der Waals surface area contributed by atoms with E-state index < -0.39 is 5.54 Å². The number of nitrogens with zero attached hydrogens (tertiary/aromatic N) is 2. The lowest BCUT2D eigenvalue weighted by atomic mass is 9.85. The molecule has 0 aliphatic heterocycles. The summed E-state index contributed by atoms with van der Waals surface area (Å²) in [7, 11) is 1.87. The Morgan fingerprint density at radius 2 is 2.38 bits per heavy atom. The van der Waals surface area contributed by atoms with E-state index in [2.05, 4.69) is 15.5 Å². The highest BCUT2D eigenvalue weighted by Gasteiger charge is 2.48. The minimum atomic E-state index is -0.492. The van der Waals surface area contributed by atoms with E-state index in [0.29, 0.717) is 12.5 Å². The highest BCUT2D eigenvalue weighted by Crippen LogP contribution is 2.40. The minimum Gasteiger partial charge on any atom is -0.465 e. The molecule has 2 atom stereocenters. The van der Waals surface area contributed by atoms with E-state index in [-0.39, 0.29) is 5.97 Å². The number of likely N-dealkylation sites (N-methyl/N-ethyl adjacent to an activating group) is 1. The molecule has 0 aromatic carbocycles. The lowest BCUT2D eigenvalue weighted by Crippen LogP contribution is -2.54. The first-order chi connectivity index (χ1) is 10.1. The predicted molar refractivity (Wildman–Crippen MR) is 85.8 cm³/mol. The molecule has 21 heavy (non-hydrogen) atoms. The normalized spacial score (nSPS) is 25.2. The van der Waals surface area contributed by atoms with Gasteiger partial charge in [0.05, 0.1) is 6.61 Å². The van der Waals surface area contributed by atoms with Gasteiger partial charge in [-0.2, -0.15) is 0 Å². The number of ether oxygens (including phenoxy) is 1. The zero-order valence-electron chi connectivity index (χ0n) is 12.8. The van der Waals surface area contributed by atoms with Crippen molar-refractivity contribution in [1.29, 1.82) is 0 Å². The largest absolute Gasteiger partial charge is 0.465 e. The van der Waals surface area contributed by atoms with Crippen LogP contribution in [0.2, 0.25) is 0 Å². The number of esters is 1. The number of thioether (sulfide) groups is 1. The van der Waals surface area contributed by atoms with Crippen LogP contribution in [0.5, 0.6) is 0 Å². The highest BCUT2D eigenvalue weighted by atomic mass is 32.2. The third kappa shape index (κ3) is 3.76. The summed E-state index contributed by atoms with van der Waals surface area (Å²) >= 11 is 3.35. The Bertz CT molecular complexity index is 481. The Morgan fingerprint density at radius 3 is 3.00 bits per heavy atom. The molecule has 1 fully saturated rings. The zero-order chi connectivity index (χ0) is 15.3. The first-order valence-electron chi connectivity index (χ1n) is 7.41. The number of hydrogen-bond acceptors (Lipinski definition) is 7. The molecule has 1 aromatic heterocycles. The third-order valence-corrected chi connectivity index (χ3v) is 6.11. The summed E-state index contributed by atoms with van der Waals surface area (Å²) in [6.07, 6.45) is 4.01. The smallest absolute Gasteiger partial charge is 0.326 e. The number of carbonyl (C=O) groups is 1. The summed E-state index contributed by atoms with van der Waals surface area (Å²) < 4.78 is 6.30. The van der Waals surface area contributed by atoms with Crippen molar-refractivity contribution in [3.05, 3.63) is 5.01 Å². The van der Waals surface area contributed by atoms with E-state index in [1.54, 1.807) is 23.1 Å². The van der Waals surface area contributed by atoms with Crippen molar-refractivity contribution in [2.24, 2.45) is 5.92 Å². The highest BCUT2D eigenvalue weighted by molar-refractivity contribution is 8.01. The van der Waals surface area contributed by atoms with Gasteiger partial charge in [-0.15, -0.1) is 10.2 Å². The molecule has 1 aromatic rings. The molecule has 0 saturated heterocycles. The maximum atomic E-state index is 12.3. The van der Waals surface area contributed by atoms with Crippen LogP contribution in [0.1, 0.15) is 37.6 Å². The van der Waals surface area contributed by atoms with Gasteiger partial charge in [-0.05, 0) is 46.1 Å². The minimum absolute atomic E-state index is 0.0910. The first kappa shape index (κ1) is 16.7. The van der Waals surface area contributed by atoms with Crippen molar-refractivity contribution in [2.45, 2.75) is 49.4 Å². The summed E-state index contributed by atoms with van der Waals surface area (Å²) in [5.74, 6) is 1.21. The van der Waals surface area contributed by atoms with Gasteiger partial charge < -0.3 is 10.1 Å². The van der Waals surface area contributed by atoms with Gasteiger partial charge in [0.25, 0.3) is 0 Å². The standard InChI is InChI=1S/C14H23N3O2S2/c1-4-19-12(18)14(15-3)8-5-6-11(14)7-9-20-13-17-16-10(2)21-13/h11,15H,4-9H2,1-3H3. The molecular formula is C14H23N3O2S2. The van der Waals surface area contributed by atoms with Crippen molar-refractivity contribution in [3.8, 4) is 0 Å². The lowest BCUT2D eigenvalue weighted by molar-refractivity contribution is -0.152. The van der Waals surface area contributed by atoms with Crippen LogP contribution in [0.15, 0.2) is 4.34 Å². The van der Waals surface area contributed by atoms with Crippen LogP contribution in [0.4, 0.5) is 0 Å². The van der Waals surface area contributed by atoms with Gasteiger partial charge in [-0.3, -0.25) is 4.79 Å². The molecule has 1 saturated carbocycles. The van der Waals surface area contributed by atoms with E-state index in [1.165, 1.54) is 0 Å². The van der Waals surface area contributed by atoms with Crippen LogP contribution in [0.25, 0.3) is 0 Å². The Balaban J connectivity index is 1.92. The fourth-order valence-electron chi connectivity index (χ4n) is 3.05. The van der Waals surface area contributed by atoms with E-state index in [1.807, 2.05) is 20.9 Å². The number of aromatic nitrogens is 2. The molecule has 0 bridgehead atoms. The van der Waals surface area contributed by atoms with Gasteiger partial charge in [0.15, 0.2) is 4.34 Å². The Morgan fingerprint density at radius 1 is 1.57 bits per heavy atom. The second-order valence-electron chi connectivity index (χ2n) is 5.26. The van der Waals surface area contributed by atoms with Crippen molar-refractivity contribution in [2.75, 3.05) is 19.4 Å². The van der Waals surface area contributed by atoms with E-state index in [0.717, 1.165) is 40.8 Å². The monoisotopic (exact) mass is 329 g/mol. The molecule has 0 spiro atoms. The molecule has 118 valence electrons. The fraction of sp³-hybridized carbons (Fsp3) is 0.786. The average Bonchev–Trinajstić information content (AvgIpc) is 3.06. The molecule has 1 aliphatic rings. The van der Waals surface area contributed by atoms with Gasteiger partial charge in [0.2, 0.25) is 0 Å². The van der Waals surface area contributed by atoms with Crippen LogP contribution < -0.4 is 5.32 Å². The van der Waals surface area contributed by atoms with Crippen molar-refractivity contribution >= 4 is 29.1 Å². The number of aryl methyl sites for hydroxylation is 1. The first-order valence-corrected chi connectivity index (χ1v) is 9.21. The quantitative estimate of drug-likeness (QED) is 0.613. The SMILES string of the molecule is CCOC(=O)C1(NC)CCCC1CCSc1nnc(C)s1. The number of nitrogens with one attached hydrogen (secondary N) is 1. The molecule has 5 nitrogen and oxygen atoms in total. The fourth-order valence-corrected chi connectivity index (χ4v) is 4.99. The van der Waals surface area contributed by atoms with Crippen molar-refractivity contribution in [3.63, 3.8) is 0 Å². The third-order valence-electron chi connectivity index (χ3n) is 4.11. The van der Waals surface area contributed by atoms with E-state index in [9.17, 15) is 4.79 Å². The van der Waals surface area contributed by atoms with Crippen LogP contribution in [0.3, 0.4) is 0 Å². The van der Waals surface area contributed by atoms with E-state index in [4.69, 9.17) is 4.74 Å². The van der Waals surface area contributed by atoms with E-state index >= 15 is 0 Å². The summed E-state index contributed by atoms with van der Waals surface area (Å²) in [6, 6.07) is 0. The molecule has 1 N–H and O–H groups in total. The van der Waals surface area contributed by atoms with Crippen molar-refractivity contribution in [1.82, 2.24) is 15.5 Å².